The Balaban J connectivity index is 1.52. The largest absolute Gasteiger partial charge is 0.313 e. The first-order valence-electron chi connectivity index (χ1n) is 8.94. The summed E-state index contributed by atoms with van der Waals surface area (Å²) < 4.78 is 0. The van der Waals surface area contributed by atoms with Gasteiger partial charge >= 0.3 is 0 Å². The van der Waals surface area contributed by atoms with Crippen molar-refractivity contribution in [2.24, 2.45) is 5.41 Å². The predicted molar refractivity (Wildman–Crippen MR) is 86.3 cm³/mol. The third kappa shape index (κ3) is 2.75. The van der Waals surface area contributed by atoms with Gasteiger partial charge in [0.25, 0.3) is 0 Å². The second-order valence-electron chi connectivity index (χ2n) is 7.94. The molecule has 0 aliphatic heterocycles. The summed E-state index contributed by atoms with van der Waals surface area (Å²) in [7, 11) is 0. The van der Waals surface area contributed by atoms with Crippen molar-refractivity contribution in [3.05, 3.63) is 30.1 Å². The number of hydrogen-bond acceptors (Lipinski definition) is 2. The molecule has 0 saturated heterocycles. The average Bonchev–Trinajstić information content (AvgIpc) is 3.31. The van der Waals surface area contributed by atoms with Crippen molar-refractivity contribution in [3.63, 3.8) is 0 Å². The average molecular weight is 284 g/mol. The number of nitrogens with zero attached hydrogens (tertiary/aromatic N) is 1. The highest BCUT2D eigenvalue weighted by molar-refractivity contribution is 5.30. The van der Waals surface area contributed by atoms with Crippen LogP contribution in [0.4, 0.5) is 0 Å². The Kier molecular flexibility index (Phi) is 3.53. The zero-order valence-electron chi connectivity index (χ0n) is 13.1. The fourth-order valence-electron chi connectivity index (χ4n) is 4.98. The van der Waals surface area contributed by atoms with E-state index in [-0.39, 0.29) is 0 Å². The highest BCUT2D eigenvalue weighted by Gasteiger charge is 2.54. The SMILES string of the molecule is c1cc(C2(CNC3CC3)CC3(CCCCCC3)C2)ccn1. The summed E-state index contributed by atoms with van der Waals surface area (Å²) >= 11 is 0. The van der Waals surface area contributed by atoms with Crippen LogP contribution in [-0.4, -0.2) is 17.6 Å². The number of nitrogens with one attached hydrogen (secondary N) is 1. The third-order valence-corrected chi connectivity index (χ3v) is 6.19. The van der Waals surface area contributed by atoms with Crippen LogP contribution < -0.4 is 5.32 Å². The fraction of sp³-hybridized carbons (Fsp3) is 0.737. The Morgan fingerprint density at radius 1 is 1.00 bits per heavy atom. The van der Waals surface area contributed by atoms with E-state index in [1.165, 1.54) is 76.3 Å². The molecular weight excluding hydrogens is 256 g/mol. The predicted octanol–water partition coefficient (Wildman–Crippen LogP) is 4.21. The first kappa shape index (κ1) is 13.8. The summed E-state index contributed by atoms with van der Waals surface area (Å²) in [5, 5.41) is 3.82. The molecule has 1 aromatic heterocycles. The van der Waals surface area contributed by atoms with Crippen molar-refractivity contribution in [1.82, 2.24) is 10.3 Å². The Morgan fingerprint density at radius 2 is 1.67 bits per heavy atom. The Morgan fingerprint density at radius 3 is 2.29 bits per heavy atom. The van der Waals surface area contributed by atoms with Gasteiger partial charge in [-0.05, 0) is 61.6 Å². The molecule has 1 spiro atoms. The zero-order chi connectivity index (χ0) is 14.2. The van der Waals surface area contributed by atoms with Crippen LogP contribution in [0.1, 0.15) is 69.8 Å². The van der Waals surface area contributed by atoms with E-state index in [1.54, 1.807) is 0 Å². The van der Waals surface area contributed by atoms with E-state index < -0.39 is 0 Å². The normalized spacial score (nSPS) is 27.0. The molecule has 3 fully saturated rings. The molecule has 0 radical (unpaired) electrons. The smallest absolute Gasteiger partial charge is 0.0270 e. The number of hydrogen-bond donors (Lipinski definition) is 1. The summed E-state index contributed by atoms with van der Waals surface area (Å²) in [6.45, 7) is 1.18. The van der Waals surface area contributed by atoms with Crippen LogP contribution in [-0.2, 0) is 5.41 Å². The van der Waals surface area contributed by atoms with Crippen LogP contribution in [0.25, 0.3) is 0 Å². The topological polar surface area (TPSA) is 24.9 Å². The summed E-state index contributed by atoms with van der Waals surface area (Å²) in [5.74, 6) is 0. The molecule has 2 nitrogen and oxygen atoms in total. The van der Waals surface area contributed by atoms with Crippen molar-refractivity contribution in [2.45, 2.75) is 75.7 Å². The van der Waals surface area contributed by atoms with Crippen LogP contribution in [0.3, 0.4) is 0 Å². The third-order valence-electron chi connectivity index (χ3n) is 6.19. The second kappa shape index (κ2) is 5.39. The van der Waals surface area contributed by atoms with Crippen LogP contribution in [0.15, 0.2) is 24.5 Å². The molecule has 3 saturated carbocycles. The number of rotatable bonds is 4. The molecule has 1 N–H and O–H groups in total. The molecule has 2 heteroatoms. The molecule has 0 atom stereocenters. The van der Waals surface area contributed by atoms with Crippen LogP contribution in [0, 0.1) is 5.41 Å². The summed E-state index contributed by atoms with van der Waals surface area (Å²) in [5.41, 5.74) is 2.60. The number of aromatic nitrogens is 1. The van der Waals surface area contributed by atoms with E-state index in [0.717, 1.165) is 6.04 Å². The van der Waals surface area contributed by atoms with Crippen molar-refractivity contribution < 1.29 is 0 Å². The van der Waals surface area contributed by atoms with Crippen LogP contribution in [0.5, 0.6) is 0 Å². The summed E-state index contributed by atoms with van der Waals surface area (Å²) in [6, 6.07) is 5.34. The second-order valence-corrected chi connectivity index (χ2v) is 7.94. The molecule has 114 valence electrons. The maximum Gasteiger partial charge on any atom is 0.0270 e. The van der Waals surface area contributed by atoms with Gasteiger partial charge in [0, 0.05) is 30.4 Å². The van der Waals surface area contributed by atoms with E-state index in [4.69, 9.17) is 0 Å². The first-order chi connectivity index (χ1) is 10.3. The van der Waals surface area contributed by atoms with Gasteiger partial charge in [-0.15, -0.1) is 0 Å². The van der Waals surface area contributed by atoms with Crippen LogP contribution >= 0.6 is 0 Å². The van der Waals surface area contributed by atoms with Gasteiger partial charge in [-0.1, -0.05) is 25.7 Å². The molecule has 1 heterocycles. The molecule has 1 aromatic rings. The van der Waals surface area contributed by atoms with Gasteiger partial charge in [0.1, 0.15) is 0 Å². The quantitative estimate of drug-likeness (QED) is 0.896. The standard InChI is InChI=1S/C19H28N2/c1-2-4-10-18(9-3-1)13-19(14-18,15-21-17-5-6-17)16-7-11-20-12-8-16/h7-8,11-12,17,21H,1-6,9-10,13-15H2. The minimum Gasteiger partial charge on any atom is -0.313 e. The molecule has 3 aliphatic carbocycles. The Labute approximate surface area is 128 Å². The van der Waals surface area contributed by atoms with Crippen molar-refractivity contribution in [1.29, 1.82) is 0 Å². The van der Waals surface area contributed by atoms with E-state index in [9.17, 15) is 0 Å². The zero-order valence-corrected chi connectivity index (χ0v) is 13.1. The molecule has 0 amide bonds. The van der Waals surface area contributed by atoms with Crippen LogP contribution in [0.2, 0.25) is 0 Å². The van der Waals surface area contributed by atoms with E-state index in [2.05, 4.69) is 22.4 Å². The first-order valence-corrected chi connectivity index (χ1v) is 8.94. The van der Waals surface area contributed by atoms with Gasteiger partial charge in [0.2, 0.25) is 0 Å². The monoisotopic (exact) mass is 284 g/mol. The molecular formula is C19H28N2. The highest BCUT2D eigenvalue weighted by Crippen LogP contribution is 2.61. The number of pyridine rings is 1. The van der Waals surface area contributed by atoms with E-state index in [0.29, 0.717) is 10.8 Å². The van der Waals surface area contributed by atoms with Gasteiger partial charge in [-0.2, -0.15) is 0 Å². The lowest BCUT2D eigenvalue weighted by Crippen LogP contribution is -2.55. The fourth-order valence-corrected chi connectivity index (χ4v) is 4.98. The van der Waals surface area contributed by atoms with Crippen molar-refractivity contribution in [3.8, 4) is 0 Å². The lowest BCUT2D eigenvalue weighted by Gasteiger charge is -2.57. The lowest BCUT2D eigenvalue weighted by atomic mass is 9.48. The van der Waals surface area contributed by atoms with Crippen molar-refractivity contribution in [2.75, 3.05) is 6.54 Å². The molecule has 3 aliphatic rings. The summed E-state index contributed by atoms with van der Waals surface area (Å²) in [4.78, 5) is 4.22. The van der Waals surface area contributed by atoms with Gasteiger partial charge in [0.15, 0.2) is 0 Å². The minimum atomic E-state index is 0.399. The molecule has 21 heavy (non-hydrogen) atoms. The molecule has 0 unspecified atom stereocenters. The maximum absolute atomic E-state index is 4.22. The molecule has 4 rings (SSSR count). The maximum atomic E-state index is 4.22. The molecule has 0 bridgehead atoms. The van der Waals surface area contributed by atoms with E-state index >= 15 is 0 Å². The Bertz CT molecular complexity index is 462. The molecule has 0 aromatic carbocycles. The van der Waals surface area contributed by atoms with Gasteiger partial charge in [0.05, 0.1) is 0 Å². The summed E-state index contributed by atoms with van der Waals surface area (Å²) in [6.07, 6.45) is 18.3. The van der Waals surface area contributed by atoms with Gasteiger partial charge in [-0.3, -0.25) is 4.98 Å². The van der Waals surface area contributed by atoms with Gasteiger partial charge in [-0.25, -0.2) is 0 Å². The highest BCUT2D eigenvalue weighted by atomic mass is 15.0. The van der Waals surface area contributed by atoms with Crippen molar-refractivity contribution >= 4 is 0 Å². The van der Waals surface area contributed by atoms with Gasteiger partial charge < -0.3 is 5.32 Å². The lowest BCUT2D eigenvalue weighted by molar-refractivity contribution is 0.00588. The minimum absolute atomic E-state index is 0.399. The van der Waals surface area contributed by atoms with E-state index in [1.807, 2.05) is 12.4 Å². The Hall–Kier alpha value is -0.890.